The van der Waals surface area contributed by atoms with Gasteiger partial charge in [-0.15, -0.1) is 0 Å². The van der Waals surface area contributed by atoms with E-state index in [0.717, 1.165) is 6.92 Å². The number of rotatable bonds is 0. The summed E-state index contributed by atoms with van der Waals surface area (Å²) >= 11 is 0. The van der Waals surface area contributed by atoms with Crippen LogP contribution in [0.2, 0.25) is 0 Å². The maximum Gasteiger partial charge on any atom is 0.0383 e. The number of hydrogen-bond donors (Lipinski definition) is 1. The molecular formula is C2H7NO2Zr2. The number of carboxylic acids is 1. The van der Waals surface area contributed by atoms with Crippen molar-refractivity contribution < 1.29 is 62.3 Å². The second kappa shape index (κ2) is 15.7. The van der Waals surface area contributed by atoms with Gasteiger partial charge in [0.05, 0.1) is 0 Å². The summed E-state index contributed by atoms with van der Waals surface area (Å²) in [5.41, 5.74) is 0. The number of quaternary nitrogens is 1. The summed E-state index contributed by atoms with van der Waals surface area (Å²) in [6.45, 7) is 0.972. The molecule has 0 spiro atoms. The fourth-order valence-electron chi connectivity index (χ4n) is 0. The maximum absolute atomic E-state index is 8.89. The van der Waals surface area contributed by atoms with Crippen LogP contribution in [0.1, 0.15) is 6.92 Å². The van der Waals surface area contributed by atoms with Gasteiger partial charge < -0.3 is 16.1 Å². The third-order valence-corrected chi connectivity index (χ3v) is 0. The van der Waals surface area contributed by atoms with Crippen LogP contribution in [0.15, 0.2) is 0 Å². The second-order valence-electron chi connectivity index (χ2n) is 0.492. The van der Waals surface area contributed by atoms with Gasteiger partial charge >= 0.3 is 0 Å². The third-order valence-electron chi connectivity index (χ3n) is 0. The Balaban J connectivity index is -0.0000000150. The van der Waals surface area contributed by atoms with Crippen LogP contribution in [0.3, 0.4) is 0 Å². The van der Waals surface area contributed by atoms with E-state index in [2.05, 4.69) is 0 Å². The van der Waals surface area contributed by atoms with Crippen molar-refractivity contribution in [2.24, 2.45) is 0 Å². The van der Waals surface area contributed by atoms with Gasteiger partial charge in [-0.05, 0) is 6.92 Å². The molecule has 0 heterocycles. The average molecular weight is 260 g/mol. The Kier molecular flexibility index (Phi) is 54.0. The Bertz CT molecular complexity index is 36.7. The van der Waals surface area contributed by atoms with Crippen molar-refractivity contribution in [3.8, 4) is 0 Å². The van der Waals surface area contributed by atoms with Gasteiger partial charge in [-0.25, -0.2) is 0 Å². The van der Waals surface area contributed by atoms with Crippen molar-refractivity contribution in [1.82, 2.24) is 6.15 Å². The molecule has 40 valence electrons. The molecule has 0 fully saturated rings. The first-order valence-electron chi connectivity index (χ1n) is 0.908. The van der Waals surface area contributed by atoms with Crippen molar-refractivity contribution in [3.05, 3.63) is 0 Å². The van der Waals surface area contributed by atoms with Crippen molar-refractivity contribution in [1.29, 1.82) is 0 Å². The van der Waals surface area contributed by atoms with Gasteiger partial charge in [0.15, 0.2) is 0 Å². The van der Waals surface area contributed by atoms with Crippen molar-refractivity contribution in [2.75, 3.05) is 0 Å². The van der Waals surface area contributed by atoms with E-state index in [0.29, 0.717) is 0 Å². The van der Waals surface area contributed by atoms with Gasteiger partial charge in [0.2, 0.25) is 0 Å². The number of carbonyl (C=O) groups is 1. The van der Waals surface area contributed by atoms with Gasteiger partial charge in [-0.3, -0.25) is 0 Å². The Morgan fingerprint density at radius 2 is 1.43 bits per heavy atom. The van der Waals surface area contributed by atoms with Crippen LogP contribution in [0.25, 0.3) is 0 Å². The van der Waals surface area contributed by atoms with Crippen LogP contribution in [-0.4, -0.2) is 5.97 Å². The zero-order chi connectivity index (χ0) is 3.58. The SMILES string of the molecule is CC(=O)[O-].[NH4+].[Zr].[Zr]. The Morgan fingerprint density at radius 1 is 1.43 bits per heavy atom. The molecule has 0 radical (unpaired) electrons. The second-order valence-corrected chi connectivity index (χ2v) is 0.492. The number of carboxylic acid groups (broad SMARTS) is 1. The summed E-state index contributed by atoms with van der Waals surface area (Å²) in [6.07, 6.45) is 0. The molecule has 0 aliphatic heterocycles. The molecule has 7 heavy (non-hydrogen) atoms. The van der Waals surface area contributed by atoms with Crippen LogP contribution in [0.5, 0.6) is 0 Å². The first-order valence-corrected chi connectivity index (χ1v) is 0.908. The van der Waals surface area contributed by atoms with Crippen molar-refractivity contribution >= 4 is 5.97 Å². The molecule has 0 atom stereocenters. The predicted molar refractivity (Wildman–Crippen MR) is 16.7 cm³/mol. The summed E-state index contributed by atoms with van der Waals surface area (Å²) in [5.74, 6) is -1.08. The monoisotopic (exact) mass is 257 g/mol. The molecule has 0 aliphatic carbocycles. The van der Waals surface area contributed by atoms with E-state index in [1.54, 1.807) is 0 Å². The van der Waals surface area contributed by atoms with Crippen LogP contribution >= 0.6 is 0 Å². The molecule has 0 aromatic heterocycles. The van der Waals surface area contributed by atoms with Gasteiger partial charge in [0, 0.05) is 58.4 Å². The molecule has 0 rings (SSSR count). The van der Waals surface area contributed by atoms with E-state index in [1.165, 1.54) is 0 Å². The Hall–Kier alpha value is 1.20. The summed E-state index contributed by atoms with van der Waals surface area (Å²) in [5, 5.41) is 8.89. The Morgan fingerprint density at radius 3 is 1.43 bits per heavy atom. The molecule has 0 aliphatic rings. The van der Waals surface area contributed by atoms with E-state index in [1.807, 2.05) is 0 Å². The summed E-state index contributed by atoms with van der Waals surface area (Å²) in [7, 11) is 0. The predicted octanol–water partition coefficient (Wildman–Crippen LogP) is -0.873. The normalized spacial score (nSPS) is 3.57. The smallest absolute Gasteiger partial charge is 0.0383 e. The van der Waals surface area contributed by atoms with Crippen LogP contribution < -0.4 is 11.3 Å². The molecule has 0 saturated heterocycles. The summed E-state index contributed by atoms with van der Waals surface area (Å²) < 4.78 is 0. The fourth-order valence-corrected chi connectivity index (χ4v) is 0. The minimum absolute atomic E-state index is 0. The quantitative estimate of drug-likeness (QED) is 0.614. The topological polar surface area (TPSA) is 76.6 Å². The number of aliphatic carboxylic acids is 1. The van der Waals surface area contributed by atoms with E-state index < -0.39 is 5.97 Å². The molecule has 0 saturated carbocycles. The molecule has 0 bridgehead atoms. The largest absolute Gasteiger partial charge is 0.550 e. The molecule has 0 unspecified atom stereocenters. The first kappa shape index (κ1) is 24.1. The maximum atomic E-state index is 8.89. The van der Waals surface area contributed by atoms with Crippen molar-refractivity contribution in [3.63, 3.8) is 0 Å². The van der Waals surface area contributed by atoms with Crippen molar-refractivity contribution in [2.45, 2.75) is 6.92 Å². The van der Waals surface area contributed by atoms with E-state index in [4.69, 9.17) is 9.90 Å². The molecule has 0 aromatic rings. The third kappa shape index (κ3) is 136. The number of hydrogen-bond acceptors (Lipinski definition) is 2. The van der Waals surface area contributed by atoms with Crippen LogP contribution in [0, 0.1) is 0 Å². The summed E-state index contributed by atoms with van der Waals surface area (Å²) in [6, 6.07) is 0. The Labute approximate surface area is 80.7 Å². The summed E-state index contributed by atoms with van der Waals surface area (Å²) in [4.78, 5) is 8.89. The zero-order valence-corrected chi connectivity index (χ0v) is 9.23. The molecular weight excluding hydrogens is 252 g/mol. The molecule has 5 heteroatoms. The zero-order valence-electron chi connectivity index (χ0n) is 4.32. The fraction of sp³-hybridized carbons (Fsp3) is 0.500. The van der Waals surface area contributed by atoms with E-state index in [-0.39, 0.29) is 58.6 Å². The minimum atomic E-state index is -1.08. The standard InChI is InChI=1S/C2H4O2.H3N.2Zr/c1-2(3)4;;;/h1H3,(H,3,4);1H3;;. The van der Waals surface area contributed by atoms with Gasteiger partial charge in [-0.1, -0.05) is 0 Å². The van der Waals surface area contributed by atoms with Crippen LogP contribution in [0.4, 0.5) is 0 Å². The van der Waals surface area contributed by atoms with E-state index >= 15 is 0 Å². The minimum Gasteiger partial charge on any atom is -0.550 e. The molecule has 0 amide bonds. The van der Waals surface area contributed by atoms with Gasteiger partial charge in [0.25, 0.3) is 0 Å². The molecule has 0 aromatic carbocycles. The molecule has 3 nitrogen and oxygen atoms in total. The first-order chi connectivity index (χ1) is 1.73. The number of carbonyl (C=O) groups excluding carboxylic acids is 1. The van der Waals surface area contributed by atoms with E-state index in [9.17, 15) is 0 Å². The average Bonchev–Trinajstić information content (AvgIpc) is 0.811. The van der Waals surface area contributed by atoms with Crippen LogP contribution in [-0.2, 0) is 57.2 Å². The van der Waals surface area contributed by atoms with Gasteiger partial charge in [0.1, 0.15) is 0 Å². The van der Waals surface area contributed by atoms with Gasteiger partial charge in [-0.2, -0.15) is 0 Å². The molecule has 4 N–H and O–H groups in total.